The van der Waals surface area contributed by atoms with Gasteiger partial charge in [0.2, 0.25) is 6.79 Å². The summed E-state index contributed by atoms with van der Waals surface area (Å²) in [6.07, 6.45) is 52.9. The van der Waals surface area contributed by atoms with Gasteiger partial charge < -0.3 is 19.5 Å². The zero-order valence-electron chi connectivity index (χ0n) is 34.4. The zero-order chi connectivity index (χ0) is 38.7. The molecule has 7 nitrogen and oxygen atoms in total. The van der Waals surface area contributed by atoms with Gasteiger partial charge in [-0.15, -0.1) is 0 Å². The fourth-order valence-corrected chi connectivity index (χ4v) is 6.10. The number of carbonyl (C=O) groups excluding carboxylic acids is 2. The Morgan fingerprint density at radius 2 is 0.717 bits per heavy atom. The van der Waals surface area contributed by atoms with Crippen LogP contribution in [0.5, 0.6) is 0 Å². The van der Waals surface area contributed by atoms with E-state index < -0.39 is 5.97 Å². The van der Waals surface area contributed by atoms with Crippen LogP contribution in [0, 0.1) is 0 Å². The molecule has 0 saturated heterocycles. The van der Waals surface area contributed by atoms with E-state index in [0.717, 1.165) is 77.2 Å². The van der Waals surface area contributed by atoms with Crippen molar-refractivity contribution in [1.82, 2.24) is 4.90 Å². The Hall–Kier alpha value is -2.67. The number of unbranched alkanes of at least 4 members (excludes halogenated alkanes) is 22. The second kappa shape index (κ2) is 42.1. The van der Waals surface area contributed by atoms with Crippen LogP contribution in [0.4, 0.5) is 0 Å². The molecule has 0 atom stereocenters. The molecule has 0 aromatic heterocycles. The lowest BCUT2D eigenvalue weighted by Gasteiger charge is -2.09. The summed E-state index contributed by atoms with van der Waals surface area (Å²) in [5.41, 5.74) is 0. The molecule has 0 aromatic carbocycles. The minimum Gasteiger partial charge on any atom is -0.481 e. The smallest absolute Gasteiger partial charge is 0.308 e. The van der Waals surface area contributed by atoms with Crippen molar-refractivity contribution in [3.63, 3.8) is 0 Å². The van der Waals surface area contributed by atoms with E-state index in [1.165, 1.54) is 109 Å². The Bertz CT molecular complexity index is 954. The molecule has 7 heteroatoms. The van der Waals surface area contributed by atoms with E-state index in [4.69, 9.17) is 14.6 Å². The molecule has 0 rings (SSSR count). The van der Waals surface area contributed by atoms with Crippen molar-refractivity contribution in [2.45, 2.75) is 199 Å². The second-order valence-corrected chi connectivity index (χ2v) is 14.9. The zero-order valence-corrected chi connectivity index (χ0v) is 34.4. The van der Waals surface area contributed by atoms with Crippen LogP contribution in [0.15, 0.2) is 48.6 Å². The summed E-state index contributed by atoms with van der Waals surface area (Å²) in [6, 6.07) is 0. The number of ether oxygens (including phenoxy) is 2. The Balaban J connectivity index is 3.32. The molecule has 0 saturated carbocycles. The number of hydrogen-bond acceptors (Lipinski definition) is 6. The average molecular weight is 744 g/mol. The summed E-state index contributed by atoms with van der Waals surface area (Å²) in [7, 11) is 3.92. The van der Waals surface area contributed by atoms with Gasteiger partial charge in [-0.3, -0.25) is 14.4 Å². The van der Waals surface area contributed by atoms with E-state index >= 15 is 0 Å². The normalized spacial score (nSPS) is 12.0. The third kappa shape index (κ3) is 45.4. The molecule has 0 amide bonds. The number of carboxylic acids is 1. The Kier molecular flexibility index (Phi) is 40.0. The molecule has 53 heavy (non-hydrogen) atoms. The first-order chi connectivity index (χ1) is 25.9. The highest BCUT2D eigenvalue weighted by Gasteiger charge is 2.06. The predicted molar refractivity (Wildman–Crippen MR) is 223 cm³/mol. The number of hydrogen-bond donors (Lipinski definition) is 1. The van der Waals surface area contributed by atoms with E-state index in [1.807, 2.05) is 19.0 Å². The van der Waals surface area contributed by atoms with E-state index in [-0.39, 0.29) is 18.7 Å². The maximum absolute atomic E-state index is 11.8. The van der Waals surface area contributed by atoms with Crippen molar-refractivity contribution in [2.75, 3.05) is 27.4 Å². The van der Waals surface area contributed by atoms with Gasteiger partial charge in [0.15, 0.2) is 0 Å². The highest BCUT2D eigenvalue weighted by Crippen LogP contribution is 2.14. The Morgan fingerprint density at radius 1 is 0.415 bits per heavy atom. The summed E-state index contributed by atoms with van der Waals surface area (Å²) in [4.78, 5) is 35.9. The van der Waals surface area contributed by atoms with Crippen LogP contribution >= 0.6 is 0 Å². The molecule has 0 bridgehead atoms. The predicted octanol–water partition coefficient (Wildman–Crippen LogP) is 13.0. The fourth-order valence-electron chi connectivity index (χ4n) is 6.10. The SMILES string of the molecule is CN(C)CCCC(=O)OCOC(=O)CCCCCCCC=CCC=CCCCCCCCCCCCCCC=CCC=CCCCCCCCC(=O)O. The molecule has 0 spiro atoms. The van der Waals surface area contributed by atoms with Crippen molar-refractivity contribution in [2.24, 2.45) is 0 Å². The van der Waals surface area contributed by atoms with Crippen molar-refractivity contribution in [3.05, 3.63) is 48.6 Å². The van der Waals surface area contributed by atoms with Crippen LogP contribution in [0.1, 0.15) is 199 Å². The van der Waals surface area contributed by atoms with E-state index in [2.05, 4.69) is 48.6 Å². The van der Waals surface area contributed by atoms with Crippen LogP contribution in [-0.2, 0) is 23.9 Å². The van der Waals surface area contributed by atoms with Gasteiger partial charge >= 0.3 is 17.9 Å². The molecular weight excluding hydrogens is 663 g/mol. The minimum atomic E-state index is -0.675. The number of carboxylic acid groups (broad SMARTS) is 1. The second-order valence-electron chi connectivity index (χ2n) is 14.9. The third-order valence-corrected chi connectivity index (χ3v) is 9.39. The summed E-state index contributed by atoms with van der Waals surface area (Å²) < 4.78 is 9.95. The van der Waals surface area contributed by atoms with Crippen LogP contribution < -0.4 is 0 Å². The van der Waals surface area contributed by atoms with Crippen molar-refractivity contribution in [3.8, 4) is 0 Å². The fraction of sp³-hybridized carbons (Fsp3) is 0.761. The van der Waals surface area contributed by atoms with Crippen LogP contribution in [-0.4, -0.2) is 55.3 Å². The van der Waals surface area contributed by atoms with Crippen molar-refractivity contribution >= 4 is 17.9 Å². The van der Waals surface area contributed by atoms with Crippen molar-refractivity contribution in [1.29, 1.82) is 0 Å². The molecule has 306 valence electrons. The molecular formula is C46H81NO6. The standard InChI is InChI=1S/C46H81NO6/c1-47(2)42-38-41-46(51)53-43-52-45(50)40-37-35-33-31-29-27-25-23-21-19-17-15-13-11-9-7-5-3-4-6-8-10-12-14-16-18-20-22-24-26-28-30-32-34-36-39-44(48)49/h16-19,22-25H,3-15,20-21,26-43H2,1-2H3,(H,48,49). The Labute approximate surface area is 326 Å². The molecule has 0 heterocycles. The largest absolute Gasteiger partial charge is 0.481 e. The number of rotatable bonds is 40. The highest BCUT2D eigenvalue weighted by atomic mass is 16.7. The molecule has 0 aliphatic heterocycles. The minimum absolute atomic E-state index is 0.271. The van der Waals surface area contributed by atoms with Crippen LogP contribution in [0.25, 0.3) is 0 Å². The summed E-state index contributed by atoms with van der Waals surface area (Å²) in [6.45, 7) is 0.559. The number of aliphatic carboxylic acids is 1. The summed E-state index contributed by atoms with van der Waals surface area (Å²) in [5.74, 6) is -1.29. The number of esters is 2. The molecule has 1 N–H and O–H groups in total. The van der Waals surface area contributed by atoms with Gasteiger partial charge in [0.05, 0.1) is 0 Å². The van der Waals surface area contributed by atoms with Crippen molar-refractivity contribution < 1.29 is 29.0 Å². The van der Waals surface area contributed by atoms with E-state index in [9.17, 15) is 14.4 Å². The Morgan fingerprint density at radius 3 is 1.06 bits per heavy atom. The maximum atomic E-state index is 11.8. The first-order valence-electron chi connectivity index (χ1n) is 21.7. The summed E-state index contributed by atoms with van der Waals surface area (Å²) in [5, 5.41) is 8.64. The van der Waals surface area contributed by atoms with E-state index in [0.29, 0.717) is 19.3 Å². The quantitative estimate of drug-likeness (QED) is 0.0289. The monoisotopic (exact) mass is 744 g/mol. The van der Waals surface area contributed by atoms with Gasteiger partial charge in [0.1, 0.15) is 0 Å². The molecule has 0 aliphatic carbocycles. The molecule has 0 radical (unpaired) electrons. The molecule has 0 fully saturated rings. The summed E-state index contributed by atoms with van der Waals surface area (Å²) >= 11 is 0. The van der Waals surface area contributed by atoms with Crippen LogP contribution in [0.2, 0.25) is 0 Å². The first kappa shape index (κ1) is 50.3. The number of carbonyl (C=O) groups is 3. The third-order valence-electron chi connectivity index (χ3n) is 9.39. The first-order valence-corrected chi connectivity index (χ1v) is 21.7. The lowest BCUT2D eigenvalue weighted by molar-refractivity contribution is -0.167. The van der Waals surface area contributed by atoms with Gasteiger partial charge in [-0.05, 0) is 104 Å². The molecule has 0 unspecified atom stereocenters. The van der Waals surface area contributed by atoms with Gasteiger partial charge in [-0.1, -0.05) is 145 Å². The van der Waals surface area contributed by atoms with Gasteiger partial charge in [-0.25, -0.2) is 0 Å². The highest BCUT2D eigenvalue weighted by molar-refractivity contribution is 5.71. The number of allylic oxidation sites excluding steroid dienone is 8. The molecule has 0 aromatic rings. The van der Waals surface area contributed by atoms with E-state index in [1.54, 1.807) is 0 Å². The maximum Gasteiger partial charge on any atom is 0.308 e. The topological polar surface area (TPSA) is 93.1 Å². The van der Waals surface area contributed by atoms with Crippen LogP contribution in [0.3, 0.4) is 0 Å². The van der Waals surface area contributed by atoms with Gasteiger partial charge in [0, 0.05) is 19.3 Å². The lowest BCUT2D eigenvalue weighted by atomic mass is 10.0. The van der Waals surface area contributed by atoms with Gasteiger partial charge in [0.25, 0.3) is 0 Å². The number of nitrogens with zero attached hydrogens (tertiary/aromatic N) is 1. The lowest BCUT2D eigenvalue weighted by Crippen LogP contribution is -2.16. The van der Waals surface area contributed by atoms with Gasteiger partial charge in [-0.2, -0.15) is 0 Å². The average Bonchev–Trinajstić information content (AvgIpc) is 3.12. The molecule has 0 aliphatic rings.